The molecule has 0 unspecified atom stereocenters. The van der Waals surface area contributed by atoms with Crippen LogP contribution in [0, 0.1) is 5.92 Å². The first-order valence-corrected chi connectivity index (χ1v) is 8.70. The van der Waals surface area contributed by atoms with Crippen LogP contribution in [0.3, 0.4) is 0 Å². The van der Waals surface area contributed by atoms with Crippen LogP contribution in [0.1, 0.15) is 71.6 Å². The monoisotopic (exact) mass is 326 g/mol. The first-order chi connectivity index (χ1) is 10.9. The number of carboxylic acids is 1. The first kappa shape index (κ1) is 19.5. The van der Waals surface area contributed by atoms with Crippen LogP contribution in [0.2, 0.25) is 0 Å². The molecule has 0 bridgehead atoms. The number of amides is 2. The number of carbonyl (C=O) groups is 3. The molecule has 23 heavy (non-hydrogen) atoms. The van der Waals surface area contributed by atoms with Gasteiger partial charge in [0, 0.05) is 6.42 Å². The van der Waals surface area contributed by atoms with Crippen molar-refractivity contribution in [2.75, 3.05) is 6.54 Å². The van der Waals surface area contributed by atoms with Crippen molar-refractivity contribution >= 4 is 17.8 Å². The molecule has 0 aromatic heterocycles. The maximum Gasteiger partial charge on any atom is 0.305 e. The third kappa shape index (κ3) is 7.01. The molecule has 0 saturated heterocycles. The quantitative estimate of drug-likeness (QED) is 0.573. The van der Waals surface area contributed by atoms with Crippen LogP contribution >= 0.6 is 0 Å². The first-order valence-electron chi connectivity index (χ1n) is 8.70. The zero-order chi connectivity index (χ0) is 17.3. The van der Waals surface area contributed by atoms with Gasteiger partial charge >= 0.3 is 5.97 Å². The molecule has 0 spiro atoms. The molecule has 1 fully saturated rings. The lowest BCUT2D eigenvalue weighted by molar-refractivity contribution is -0.139. The number of carbonyl (C=O) groups excluding carboxylic acids is 2. The lowest BCUT2D eigenvalue weighted by Crippen LogP contribution is -2.52. The van der Waals surface area contributed by atoms with E-state index >= 15 is 0 Å². The molecule has 3 N–H and O–H groups in total. The summed E-state index contributed by atoms with van der Waals surface area (Å²) in [6.07, 6.45) is 7.25. The molecule has 6 heteroatoms. The summed E-state index contributed by atoms with van der Waals surface area (Å²) in [6, 6.07) is 0. The van der Waals surface area contributed by atoms with Crippen LogP contribution in [-0.2, 0) is 14.4 Å². The van der Waals surface area contributed by atoms with E-state index in [2.05, 4.69) is 10.6 Å². The Labute approximate surface area is 138 Å². The van der Waals surface area contributed by atoms with Gasteiger partial charge < -0.3 is 15.7 Å². The minimum atomic E-state index is -0.936. The summed E-state index contributed by atoms with van der Waals surface area (Å²) in [7, 11) is 0. The van der Waals surface area contributed by atoms with E-state index in [1.807, 2.05) is 13.8 Å². The van der Waals surface area contributed by atoms with Crippen molar-refractivity contribution in [3.63, 3.8) is 0 Å². The molecule has 1 aliphatic rings. The molecule has 1 rings (SSSR count). The Kier molecular flexibility index (Phi) is 8.06. The molecule has 0 aromatic rings. The smallest absolute Gasteiger partial charge is 0.305 e. The number of rotatable bonds is 10. The van der Waals surface area contributed by atoms with Crippen LogP contribution < -0.4 is 10.6 Å². The highest BCUT2D eigenvalue weighted by atomic mass is 16.4. The molecule has 0 atom stereocenters. The molecule has 132 valence electrons. The van der Waals surface area contributed by atoms with Crippen molar-refractivity contribution in [3.05, 3.63) is 0 Å². The number of aliphatic carboxylic acids is 1. The molecule has 6 nitrogen and oxygen atoms in total. The van der Waals surface area contributed by atoms with E-state index in [1.54, 1.807) is 0 Å². The van der Waals surface area contributed by atoms with E-state index in [9.17, 15) is 14.4 Å². The molecule has 0 radical (unpaired) electrons. The lowest BCUT2D eigenvalue weighted by atomic mass is 9.89. The molecular weight excluding hydrogens is 296 g/mol. The van der Waals surface area contributed by atoms with Crippen molar-refractivity contribution in [2.45, 2.75) is 77.2 Å². The summed E-state index contributed by atoms with van der Waals surface area (Å²) in [4.78, 5) is 34.8. The van der Waals surface area contributed by atoms with Gasteiger partial charge in [-0.3, -0.25) is 14.4 Å². The molecule has 2 amide bonds. The zero-order valence-electron chi connectivity index (χ0n) is 14.3. The summed E-state index contributed by atoms with van der Waals surface area (Å²) >= 11 is 0. The predicted molar refractivity (Wildman–Crippen MR) is 87.9 cm³/mol. The topological polar surface area (TPSA) is 95.5 Å². The molecule has 0 aromatic carbocycles. The van der Waals surface area contributed by atoms with E-state index in [-0.39, 0.29) is 24.8 Å². The fourth-order valence-electron chi connectivity index (χ4n) is 3.25. The Bertz CT molecular complexity index is 413. The Morgan fingerprint density at radius 3 is 2.22 bits per heavy atom. The summed E-state index contributed by atoms with van der Waals surface area (Å²) in [5.74, 6) is -0.722. The summed E-state index contributed by atoms with van der Waals surface area (Å²) < 4.78 is 0. The van der Waals surface area contributed by atoms with E-state index < -0.39 is 11.5 Å². The standard InChI is InChI=1S/C17H30N2O4/c1-3-17(4-2,11-16(22)23)19-15(21)12-18-14(20)10-9-13-7-5-6-8-13/h13H,3-12H2,1-2H3,(H,18,20)(H,19,21)(H,22,23). The molecular formula is C17H30N2O4. The largest absolute Gasteiger partial charge is 0.481 e. The van der Waals surface area contributed by atoms with Gasteiger partial charge in [-0.15, -0.1) is 0 Å². The lowest BCUT2D eigenvalue weighted by Gasteiger charge is -2.31. The Morgan fingerprint density at radius 1 is 1.09 bits per heavy atom. The highest BCUT2D eigenvalue weighted by Gasteiger charge is 2.30. The Morgan fingerprint density at radius 2 is 1.70 bits per heavy atom. The van der Waals surface area contributed by atoms with Crippen molar-refractivity contribution in [2.24, 2.45) is 5.92 Å². The average molecular weight is 326 g/mol. The summed E-state index contributed by atoms with van der Waals surface area (Å²) in [5.41, 5.74) is -0.739. The van der Waals surface area contributed by atoms with Gasteiger partial charge in [0.2, 0.25) is 11.8 Å². The van der Waals surface area contributed by atoms with Crippen molar-refractivity contribution in [1.29, 1.82) is 0 Å². The van der Waals surface area contributed by atoms with E-state index in [0.717, 1.165) is 6.42 Å². The van der Waals surface area contributed by atoms with Crippen molar-refractivity contribution in [1.82, 2.24) is 10.6 Å². The van der Waals surface area contributed by atoms with Crippen LogP contribution in [-0.4, -0.2) is 35.0 Å². The van der Waals surface area contributed by atoms with Crippen LogP contribution in [0.4, 0.5) is 0 Å². The van der Waals surface area contributed by atoms with Gasteiger partial charge in [0.05, 0.1) is 18.5 Å². The molecule has 1 saturated carbocycles. The van der Waals surface area contributed by atoms with Crippen molar-refractivity contribution in [3.8, 4) is 0 Å². The maximum absolute atomic E-state index is 12.0. The number of hydrogen-bond donors (Lipinski definition) is 3. The van der Waals surface area contributed by atoms with Gasteiger partial charge in [-0.25, -0.2) is 0 Å². The highest BCUT2D eigenvalue weighted by Crippen LogP contribution is 2.28. The SMILES string of the molecule is CCC(CC)(CC(=O)O)NC(=O)CNC(=O)CCC1CCCC1. The second kappa shape index (κ2) is 9.53. The normalized spacial score (nSPS) is 15.4. The van der Waals surface area contributed by atoms with Gasteiger partial charge in [-0.2, -0.15) is 0 Å². The van der Waals surface area contributed by atoms with Crippen LogP contribution in [0.15, 0.2) is 0 Å². The summed E-state index contributed by atoms with van der Waals surface area (Å²) in [6.45, 7) is 3.62. The van der Waals surface area contributed by atoms with Crippen LogP contribution in [0.25, 0.3) is 0 Å². The van der Waals surface area contributed by atoms with E-state index in [0.29, 0.717) is 25.2 Å². The molecule has 0 heterocycles. The minimum absolute atomic E-state index is 0.0924. The number of nitrogens with one attached hydrogen (secondary N) is 2. The van der Waals surface area contributed by atoms with Gasteiger partial charge in [0.1, 0.15) is 0 Å². The van der Waals surface area contributed by atoms with E-state index in [4.69, 9.17) is 5.11 Å². The molecule has 1 aliphatic carbocycles. The van der Waals surface area contributed by atoms with Gasteiger partial charge in [0.15, 0.2) is 0 Å². The van der Waals surface area contributed by atoms with E-state index in [1.165, 1.54) is 25.7 Å². The average Bonchev–Trinajstić information content (AvgIpc) is 3.03. The number of carboxylic acid groups (broad SMARTS) is 1. The minimum Gasteiger partial charge on any atom is -0.481 e. The third-order valence-electron chi connectivity index (χ3n) is 4.95. The van der Waals surface area contributed by atoms with Gasteiger partial charge in [0.25, 0.3) is 0 Å². The number of hydrogen-bond acceptors (Lipinski definition) is 3. The third-order valence-corrected chi connectivity index (χ3v) is 4.95. The van der Waals surface area contributed by atoms with Crippen LogP contribution in [0.5, 0.6) is 0 Å². The Hall–Kier alpha value is -1.59. The second-order valence-corrected chi connectivity index (χ2v) is 6.57. The van der Waals surface area contributed by atoms with Gasteiger partial charge in [-0.1, -0.05) is 39.5 Å². The highest BCUT2D eigenvalue weighted by molar-refractivity contribution is 5.85. The van der Waals surface area contributed by atoms with Crippen molar-refractivity contribution < 1.29 is 19.5 Å². The fourth-order valence-corrected chi connectivity index (χ4v) is 3.25. The van der Waals surface area contributed by atoms with Gasteiger partial charge in [-0.05, 0) is 25.2 Å². The fraction of sp³-hybridized carbons (Fsp3) is 0.824. The summed E-state index contributed by atoms with van der Waals surface area (Å²) in [5, 5.41) is 14.4. The Balaban J connectivity index is 2.33. The molecule has 0 aliphatic heterocycles. The predicted octanol–water partition coefficient (Wildman–Crippen LogP) is 2.22. The second-order valence-electron chi connectivity index (χ2n) is 6.57. The maximum atomic E-state index is 12.0. The zero-order valence-corrected chi connectivity index (χ0v) is 14.3.